The first kappa shape index (κ1) is 18.7. The van der Waals surface area contributed by atoms with Crippen molar-refractivity contribution in [2.75, 3.05) is 6.54 Å². The highest BCUT2D eigenvalue weighted by Gasteiger charge is 2.15. The minimum atomic E-state index is -0.120. The summed E-state index contributed by atoms with van der Waals surface area (Å²) >= 11 is 0. The average Bonchev–Trinajstić information content (AvgIpc) is 3.36. The van der Waals surface area contributed by atoms with Crippen LogP contribution in [0.25, 0.3) is 5.69 Å². The summed E-state index contributed by atoms with van der Waals surface area (Å²) in [7, 11) is 0. The average molecular weight is 385 g/mol. The summed E-state index contributed by atoms with van der Waals surface area (Å²) in [6.07, 6.45) is 6.05. The molecule has 0 fully saturated rings. The van der Waals surface area contributed by atoms with Crippen molar-refractivity contribution in [1.82, 2.24) is 24.6 Å². The van der Waals surface area contributed by atoms with Gasteiger partial charge in [-0.1, -0.05) is 48.5 Å². The SMILES string of the molecule is Cc1c(C(=O)NCCc2nccn2Cc2ccccc2)cnn1-c1ccccc1. The van der Waals surface area contributed by atoms with Crippen molar-refractivity contribution in [3.8, 4) is 5.69 Å². The molecule has 0 aliphatic heterocycles. The van der Waals surface area contributed by atoms with E-state index in [0.717, 1.165) is 23.8 Å². The molecule has 2 heterocycles. The zero-order valence-electron chi connectivity index (χ0n) is 16.3. The Hall–Kier alpha value is -3.67. The van der Waals surface area contributed by atoms with Gasteiger partial charge in [-0.15, -0.1) is 0 Å². The Balaban J connectivity index is 1.37. The molecular weight excluding hydrogens is 362 g/mol. The van der Waals surface area contributed by atoms with E-state index in [2.05, 4.69) is 32.1 Å². The van der Waals surface area contributed by atoms with Crippen LogP contribution < -0.4 is 5.32 Å². The van der Waals surface area contributed by atoms with Gasteiger partial charge in [-0.3, -0.25) is 4.79 Å². The highest BCUT2D eigenvalue weighted by molar-refractivity contribution is 5.95. The molecule has 0 atom stereocenters. The summed E-state index contributed by atoms with van der Waals surface area (Å²) in [6.45, 7) is 3.19. The van der Waals surface area contributed by atoms with Gasteiger partial charge in [0.25, 0.3) is 5.91 Å². The zero-order valence-corrected chi connectivity index (χ0v) is 16.3. The van der Waals surface area contributed by atoms with Gasteiger partial charge in [0.1, 0.15) is 5.82 Å². The largest absolute Gasteiger partial charge is 0.351 e. The molecule has 0 bridgehead atoms. The number of amides is 1. The number of carbonyl (C=O) groups excluding carboxylic acids is 1. The molecule has 1 N–H and O–H groups in total. The number of nitrogens with zero attached hydrogens (tertiary/aromatic N) is 4. The van der Waals surface area contributed by atoms with E-state index in [1.807, 2.05) is 61.7 Å². The molecule has 29 heavy (non-hydrogen) atoms. The fourth-order valence-electron chi connectivity index (χ4n) is 3.34. The number of benzene rings is 2. The third kappa shape index (κ3) is 4.27. The van der Waals surface area contributed by atoms with Crippen molar-refractivity contribution in [2.45, 2.75) is 19.9 Å². The maximum atomic E-state index is 12.6. The van der Waals surface area contributed by atoms with Gasteiger partial charge in [0, 0.05) is 31.9 Å². The van der Waals surface area contributed by atoms with E-state index in [0.29, 0.717) is 18.5 Å². The van der Waals surface area contributed by atoms with Crippen LogP contribution in [0.4, 0.5) is 0 Å². The first-order valence-electron chi connectivity index (χ1n) is 9.64. The number of hydrogen-bond donors (Lipinski definition) is 1. The quantitative estimate of drug-likeness (QED) is 0.530. The molecule has 1 amide bonds. The summed E-state index contributed by atoms with van der Waals surface area (Å²) in [5, 5.41) is 7.35. The molecule has 0 spiro atoms. The Morgan fingerprint density at radius 3 is 2.52 bits per heavy atom. The van der Waals surface area contributed by atoms with Crippen molar-refractivity contribution in [2.24, 2.45) is 0 Å². The van der Waals surface area contributed by atoms with Crippen LogP contribution >= 0.6 is 0 Å². The van der Waals surface area contributed by atoms with Crippen molar-refractivity contribution in [1.29, 1.82) is 0 Å². The highest BCUT2D eigenvalue weighted by atomic mass is 16.1. The van der Waals surface area contributed by atoms with Crippen LogP contribution in [-0.2, 0) is 13.0 Å². The lowest BCUT2D eigenvalue weighted by Gasteiger charge is -2.09. The lowest BCUT2D eigenvalue weighted by Crippen LogP contribution is -2.27. The van der Waals surface area contributed by atoms with Crippen LogP contribution in [-0.4, -0.2) is 31.8 Å². The van der Waals surface area contributed by atoms with Crippen LogP contribution in [0.3, 0.4) is 0 Å². The van der Waals surface area contributed by atoms with Gasteiger partial charge in [0.05, 0.1) is 23.1 Å². The molecule has 6 heteroatoms. The van der Waals surface area contributed by atoms with Gasteiger partial charge in [-0.25, -0.2) is 9.67 Å². The van der Waals surface area contributed by atoms with E-state index in [1.165, 1.54) is 5.56 Å². The fraction of sp³-hybridized carbons (Fsp3) is 0.174. The second-order valence-electron chi connectivity index (χ2n) is 6.85. The number of aromatic nitrogens is 4. The van der Waals surface area contributed by atoms with Crippen LogP contribution in [0.2, 0.25) is 0 Å². The molecule has 0 saturated heterocycles. The Morgan fingerprint density at radius 1 is 1.03 bits per heavy atom. The van der Waals surface area contributed by atoms with E-state index >= 15 is 0 Å². The molecule has 4 aromatic rings. The minimum absolute atomic E-state index is 0.120. The molecule has 0 aliphatic carbocycles. The number of hydrogen-bond acceptors (Lipinski definition) is 3. The molecule has 4 rings (SSSR count). The number of para-hydroxylation sites is 1. The molecule has 0 unspecified atom stereocenters. The first-order chi connectivity index (χ1) is 14.2. The van der Waals surface area contributed by atoms with Crippen molar-refractivity contribution in [3.63, 3.8) is 0 Å². The second-order valence-corrected chi connectivity index (χ2v) is 6.85. The predicted molar refractivity (Wildman–Crippen MR) is 112 cm³/mol. The standard InChI is InChI=1S/C23H23N5O/c1-18-21(16-26-28(18)20-10-6-3-7-11-20)23(29)25-13-12-22-24-14-15-27(22)17-19-8-4-2-5-9-19/h2-11,14-16H,12-13,17H2,1H3,(H,25,29). The Morgan fingerprint density at radius 2 is 1.76 bits per heavy atom. The van der Waals surface area contributed by atoms with E-state index in [-0.39, 0.29) is 5.91 Å². The zero-order chi connectivity index (χ0) is 20.1. The Kier molecular flexibility index (Phi) is 5.52. The fourth-order valence-corrected chi connectivity index (χ4v) is 3.34. The van der Waals surface area contributed by atoms with Gasteiger partial charge in [0.15, 0.2) is 0 Å². The molecule has 2 aromatic heterocycles. The number of nitrogens with one attached hydrogen (secondary N) is 1. The molecule has 2 aromatic carbocycles. The summed E-state index contributed by atoms with van der Waals surface area (Å²) < 4.78 is 3.89. The van der Waals surface area contributed by atoms with Crippen molar-refractivity contribution < 1.29 is 4.79 Å². The predicted octanol–water partition coefficient (Wildman–Crippen LogP) is 3.40. The van der Waals surface area contributed by atoms with Crippen LogP contribution in [0, 0.1) is 6.92 Å². The molecule has 6 nitrogen and oxygen atoms in total. The number of rotatable bonds is 7. The second kappa shape index (κ2) is 8.56. The summed E-state index contributed by atoms with van der Waals surface area (Å²) in [5.41, 5.74) is 3.56. The monoisotopic (exact) mass is 385 g/mol. The third-order valence-electron chi connectivity index (χ3n) is 4.89. The Labute approximate surface area is 169 Å². The number of imidazole rings is 1. The maximum Gasteiger partial charge on any atom is 0.254 e. The van der Waals surface area contributed by atoms with Crippen LogP contribution in [0.1, 0.15) is 27.4 Å². The highest BCUT2D eigenvalue weighted by Crippen LogP contribution is 2.14. The minimum Gasteiger partial charge on any atom is -0.351 e. The van der Waals surface area contributed by atoms with E-state index in [4.69, 9.17) is 0 Å². The topological polar surface area (TPSA) is 64.7 Å². The van der Waals surface area contributed by atoms with E-state index < -0.39 is 0 Å². The molecule has 0 radical (unpaired) electrons. The molecule has 0 saturated carbocycles. The van der Waals surface area contributed by atoms with E-state index in [9.17, 15) is 4.79 Å². The lowest BCUT2D eigenvalue weighted by molar-refractivity contribution is 0.0953. The normalized spacial score (nSPS) is 10.8. The van der Waals surface area contributed by atoms with Crippen LogP contribution in [0.5, 0.6) is 0 Å². The third-order valence-corrected chi connectivity index (χ3v) is 4.89. The summed E-state index contributed by atoms with van der Waals surface area (Å²) in [6, 6.07) is 20.1. The van der Waals surface area contributed by atoms with E-state index in [1.54, 1.807) is 17.1 Å². The van der Waals surface area contributed by atoms with Gasteiger partial charge in [-0.05, 0) is 24.6 Å². The summed E-state index contributed by atoms with van der Waals surface area (Å²) in [4.78, 5) is 17.1. The molecule has 146 valence electrons. The van der Waals surface area contributed by atoms with Crippen LogP contribution in [0.15, 0.2) is 79.3 Å². The van der Waals surface area contributed by atoms with Gasteiger partial charge >= 0.3 is 0 Å². The Bertz CT molecular complexity index is 1080. The number of carbonyl (C=O) groups is 1. The van der Waals surface area contributed by atoms with Crippen molar-refractivity contribution >= 4 is 5.91 Å². The van der Waals surface area contributed by atoms with Gasteiger partial charge in [-0.2, -0.15) is 5.10 Å². The van der Waals surface area contributed by atoms with Gasteiger partial charge < -0.3 is 9.88 Å². The smallest absolute Gasteiger partial charge is 0.254 e. The maximum absolute atomic E-state index is 12.6. The first-order valence-corrected chi connectivity index (χ1v) is 9.64. The molecule has 0 aliphatic rings. The summed E-state index contributed by atoms with van der Waals surface area (Å²) in [5.74, 6) is 0.830. The van der Waals surface area contributed by atoms with Gasteiger partial charge in [0.2, 0.25) is 0 Å². The lowest BCUT2D eigenvalue weighted by atomic mass is 10.2. The van der Waals surface area contributed by atoms with Crippen molar-refractivity contribution in [3.05, 3.63) is 102 Å². The molecular formula is C23H23N5O.